The van der Waals surface area contributed by atoms with Gasteiger partial charge in [0.25, 0.3) is 0 Å². The Morgan fingerprint density at radius 1 is 1.59 bits per heavy atom. The van der Waals surface area contributed by atoms with Crippen molar-refractivity contribution in [2.75, 3.05) is 19.8 Å². The second kappa shape index (κ2) is 6.53. The minimum atomic E-state index is 0.529. The highest BCUT2D eigenvalue weighted by Crippen LogP contribution is 2.31. The Hall–Kier alpha value is -0.380. The molecule has 2 atom stereocenters. The van der Waals surface area contributed by atoms with E-state index in [0.717, 1.165) is 25.7 Å². The molecule has 0 radical (unpaired) electrons. The van der Waals surface area contributed by atoms with Crippen LogP contribution in [0.1, 0.15) is 42.7 Å². The average molecular weight is 253 g/mol. The van der Waals surface area contributed by atoms with Crippen LogP contribution in [0.25, 0.3) is 0 Å². The van der Waals surface area contributed by atoms with Gasteiger partial charge in [0.05, 0.1) is 0 Å². The predicted octanol–water partition coefficient (Wildman–Crippen LogP) is 3.52. The summed E-state index contributed by atoms with van der Waals surface area (Å²) in [5, 5.41) is 5.90. The molecule has 0 bridgehead atoms. The molecule has 96 valence electrons. The maximum Gasteiger partial charge on any atom is 0.0495 e. The van der Waals surface area contributed by atoms with Gasteiger partial charge in [0, 0.05) is 24.1 Å². The van der Waals surface area contributed by atoms with Crippen molar-refractivity contribution >= 4 is 11.3 Å². The Morgan fingerprint density at radius 2 is 2.47 bits per heavy atom. The van der Waals surface area contributed by atoms with E-state index in [2.05, 4.69) is 30.6 Å². The molecule has 1 fully saturated rings. The highest BCUT2D eigenvalue weighted by atomic mass is 32.1. The van der Waals surface area contributed by atoms with Gasteiger partial charge in [-0.25, -0.2) is 0 Å². The molecule has 0 aromatic carbocycles. The zero-order chi connectivity index (χ0) is 12.1. The Bertz CT molecular complexity index is 331. The molecule has 17 heavy (non-hydrogen) atoms. The van der Waals surface area contributed by atoms with Crippen molar-refractivity contribution in [3.8, 4) is 0 Å². The number of hydrogen-bond donors (Lipinski definition) is 1. The third kappa shape index (κ3) is 3.54. The fraction of sp³-hybridized carbons (Fsp3) is 0.714. The number of ether oxygens (including phenoxy) is 1. The maximum atomic E-state index is 5.49. The van der Waals surface area contributed by atoms with Gasteiger partial charge in [-0.05, 0) is 55.7 Å². The SMILES string of the molecule is CCCNC(CC1CCOC1)c1sccc1C. The van der Waals surface area contributed by atoms with Crippen LogP contribution in [0.4, 0.5) is 0 Å². The van der Waals surface area contributed by atoms with Crippen molar-refractivity contribution in [2.45, 2.75) is 39.2 Å². The van der Waals surface area contributed by atoms with Gasteiger partial charge in [-0.15, -0.1) is 11.3 Å². The molecule has 1 N–H and O–H groups in total. The number of aryl methyl sites for hydroxylation is 1. The van der Waals surface area contributed by atoms with E-state index in [4.69, 9.17) is 4.74 Å². The lowest BCUT2D eigenvalue weighted by Crippen LogP contribution is -2.24. The lowest BCUT2D eigenvalue weighted by Gasteiger charge is -2.21. The first-order valence-corrected chi connectivity index (χ1v) is 7.54. The molecule has 2 unspecified atom stereocenters. The van der Waals surface area contributed by atoms with Crippen LogP contribution in [0.15, 0.2) is 11.4 Å². The van der Waals surface area contributed by atoms with Crippen molar-refractivity contribution in [2.24, 2.45) is 5.92 Å². The molecule has 1 aliphatic rings. The van der Waals surface area contributed by atoms with Crippen molar-refractivity contribution in [1.82, 2.24) is 5.32 Å². The Kier molecular flexibility index (Phi) is 5.01. The summed E-state index contributed by atoms with van der Waals surface area (Å²) < 4.78 is 5.49. The van der Waals surface area contributed by atoms with E-state index >= 15 is 0 Å². The first-order valence-electron chi connectivity index (χ1n) is 6.66. The molecule has 1 aliphatic heterocycles. The Balaban J connectivity index is 1.99. The van der Waals surface area contributed by atoms with E-state index < -0.39 is 0 Å². The highest BCUT2D eigenvalue weighted by Gasteiger charge is 2.23. The molecule has 1 aromatic heterocycles. The summed E-state index contributed by atoms with van der Waals surface area (Å²) in [6.45, 7) is 7.46. The molecular weight excluding hydrogens is 230 g/mol. The van der Waals surface area contributed by atoms with Gasteiger partial charge < -0.3 is 10.1 Å². The number of thiophene rings is 1. The van der Waals surface area contributed by atoms with E-state index in [1.165, 1.54) is 29.7 Å². The van der Waals surface area contributed by atoms with E-state index in [9.17, 15) is 0 Å². The number of nitrogens with one attached hydrogen (secondary N) is 1. The largest absolute Gasteiger partial charge is 0.381 e. The van der Waals surface area contributed by atoms with Gasteiger partial charge in [0.1, 0.15) is 0 Å². The first kappa shape index (κ1) is 13.1. The Labute approximate surface area is 108 Å². The summed E-state index contributed by atoms with van der Waals surface area (Å²) >= 11 is 1.89. The molecule has 1 saturated heterocycles. The second-order valence-corrected chi connectivity index (χ2v) is 5.89. The van der Waals surface area contributed by atoms with Crippen molar-refractivity contribution < 1.29 is 4.74 Å². The monoisotopic (exact) mass is 253 g/mol. The summed E-state index contributed by atoms with van der Waals surface area (Å²) in [7, 11) is 0. The fourth-order valence-electron chi connectivity index (χ4n) is 2.45. The summed E-state index contributed by atoms with van der Waals surface area (Å²) in [6, 6.07) is 2.76. The van der Waals surface area contributed by atoms with Crippen LogP contribution < -0.4 is 5.32 Å². The van der Waals surface area contributed by atoms with Gasteiger partial charge in [-0.2, -0.15) is 0 Å². The van der Waals surface area contributed by atoms with Gasteiger partial charge >= 0.3 is 0 Å². The van der Waals surface area contributed by atoms with Crippen LogP contribution in [0.5, 0.6) is 0 Å². The number of rotatable bonds is 6. The van der Waals surface area contributed by atoms with Crippen LogP contribution >= 0.6 is 11.3 Å². The molecule has 3 heteroatoms. The molecule has 0 aliphatic carbocycles. The van der Waals surface area contributed by atoms with Crippen molar-refractivity contribution in [1.29, 1.82) is 0 Å². The van der Waals surface area contributed by atoms with Crippen LogP contribution in [-0.2, 0) is 4.74 Å². The average Bonchev–Trinajstić information content (AvgIpc) is 2.95. The predicted molar refractivity (Wildman–Crippen MR) is 73.6 cm³/mol. The van der Waals surface area contributed by atoms with E-state index in [-0.39, 0.29) is 0 Å². The topological polar surface area (TPSA) is 21.3 Å². The molecule has 1 aromatic rings. The zero-order valence-corrected chi connectivity index (χ0v) is 11.7. The zero-order valence-electron chi connectivity index (χ0n) is 10.9. The molecular formula is C14H23NOS. The van der Waals surface area contributed by atoms with E-state index in [1.54, 1.807) is 0 Å². The highest BCUT2D eigenvalue weighted by molar-refractivity contribution is 7.10. The Morgan fingerprint density at radius 3 is 3.06 bits per heavy atom. The normalized spacial score (nSPS) is 21.9. The third-order valence-corrected chi connectivity index (χ3v) is 4.58. The van der Waals surface area contributed by atoms with Crippen LogP contribution in [0.3, 0.4) is 0 Å². The van der Waals surface area contributed by atoms with E-state index in [0.29, 0.717) is 6.04 Å². The minimum absolute atomic E-state index is 0.529. The second-order valence-electron chi connectivity index (χ2n) is 4.94. The summed E-state index contributed by atoms with van der Waals surface area (Å²) in [5.74, 6) is 0.742. The quantitative estimate of drug-likeness (QED) is 0.837. The van der Waals surface area contributed by atoms with Gasteiger partial charge in [0.15, 0.2) is 0 Å². The maximum absolute atomic E-state index is 5.49. The third-order valence-electron chi connectivity index (χ3n) is 3.45. The molecule has 0 saturated carbocycles. The first-order chi connectivity index (χ1) is 8.31. The summed E-state index contributed by atoms with van der Waals surface area (Å²) in [4.78, 5) is 1.52. The molecule has 2 heterocycles. The molecule has 0 spiro atoms. The van der Waals surface area contributed by atoms with E-state index in [1.807, 2.05) is 11.3 Å². The van der Waals surface area contributed by atoms with Crippen LogP contribution in [0.2, 0.25) is 0 Å². The summed E-state index contributed by atoms with van der Waals surface area (Å²) in [6.07, 6.45) is 3.65. The van der Waals surface area contributed by atoms with Crippen LogP contribution in [0, 0.1) is 12.8 Å². The fourth-order valence-corrected chi connectivity index (χ4v) is 3.46. The minimum Gasteiger partial charge on any atom is -0.381 e. The van der Waals surface area contributed by atoms with Gasteiger partial charge in [-0.1, -0.05) is 6.92 Å². The molecule has 2 nitrogen and oxygen atoms in total. The summed E-state index contributed by atoms with van der Waals surface area (Å²) in [5.41, 5.74) is 1.43. The van der Waals surface area contributed by atoms with Crippen molar-refractivity contribution in [3.05, 3.63) is 21.9 Å². The van der Waals surface area contributed by atoms with Crippen LogP contribution in [-0.4, -0.2) is 19.8 Å². The number of hydrogen-bond acceptors (Lipinski definition) is 3. The van der Waals surface area contributed by atoms with Gasteiger partial charge in [0.2, 0.25) is 0 Å². The standard InChI is InChI=1S/C14H23NOS/c1-3-6-15-13(9-12-4-7-16-10-12)14-11(2)5-8-17-14/h5,8,12-13,15H,3-4,6-7,9-10H2,1-2H3. The lowest BCUT2D eigenvalue weighted by atomic mass is 9.97. The van der Waals surface area contributed by atoms with Gasteiger partial charge in [-0.3, -0.25) is 0 Å². The molecule has 2 rings (SSSR count). The smallest absolute Gasteiger partial charge is 0.0495 e. The molecule has 0 amide bonds. The lowest BCUT2D eigenvalue weighted by molar-refractivity contribution is 0.181. The van der Waals surface area contributed by atoms with Crippen molar-refractivity contribution in [3.63, 3.8) is 0 Å².